The van der Waals surface area contributed by atoms with Crippen LogP contribution in [0.15, 0.2) is 41.1 Å². The lowest BCUT2D eigenvalue weighted by molar-refractivity contribution is 0.0723. The quantitative estimate of drug-likeness (QED) is 0.631. The summed E-state index contributed by atoms with van der Waals surface area (Å²) in [5, 5.41) is 4.52. The van der Waals surface area contributed by atoms with Gasteiger partial charge in [0.2, 0.25) is 0 Å². The Balaban J connectivity index is 1.57. The number of rotatable bonds is 5. The van der Waals surface area contributed by atoms with Gasteiger partial charge in [0.05, 0.1) is 4.88 Å². The van der Waals surface area contributed by atoms with E-state index in [0.717, 1.165) is 28.8 Å². The van der Waals surface area contributed by atoms with Crippen LogP contribution in [0.2, 0.25) is 0 Å². The van der Waals surface area contributed by atoms with Crippen LogP contribution >= 0.6 is 22.7 Å². The molecule has 128 valence electrons. The molecule has 1 aliphatic rings. The van der Waals surface area contributed by atoms with Crippen molar-refractivity contribution in [3.8, 4) is 9.88 Å². The van der Waals surface area contributed by atoms with Crippen molar-refractivity contribution in [2.45, 2.75) is 25.4 Å². The third kappa shape index (κ3) is 3.48. The molecule has 0 saturated heterocycles. The Hall–Kier alpha value is -2.12. The zero-order chi connectivity index (χ0) is 17.4. The molecule has 0 aliphatic heterocycles. The molecule has 0 bridgehead atoms. The summed E-state index contributed by atoms with van der Waals surface area (Å²) in [4.78, 5) is 20.0. The van der Waals surface area contributed by atoms with E-state index in [4.69, 9.17) is 0 Å². The number of amides is 1. The van der Waals surface area contributed by atoms with Crippen molar-refractivity contribution in [1.82, 2.24) is 9.88 Å². The number of benzene rings is 1. The fraction of sp³-hybridized carbons (Fsp3) is 0.222. The molecule has 25 heavy (non-hydrogen) atoms. The molecule has 2 aromatic heterocycles. The molecule has 0 unspecified atom stereocenters. The first-order valence-electron chi connectivity index (χ1n) is 7.86. The summed E-state index contributed by atoms with van der Waals surface area (Å²) < 4.78 is 27.0. The lowest BCUT2D eigenvalue weighted by Gasteiger charge is -2.22. The van der Waals surface area contributed by atoms with Gasteiger partial charge in [0.1, 0.15) is 22.3 Å². The van der Waals surface area contributed by atoms with E-state index < -0.39 is 11.6 Å². The highest BCUT2D eigenvalue weighted by molar-refractivity contribution is 7.20. The third-order valence-electron chi connectivity index (χ3n) is 4.06. The molecule has 0 atom stereocenters. The standard InChI is InChI=1S/C18H14F2N2OS2/c19-12-4-3-11(14(20)8-12)9-22(13-5-6-13)18(23)15-10-25-17(21-15)16-2-1-7-24-16/h1-4,7-8,10,13H,5-6,9H2. The van der Waals surface area contributed by atoms with Crippen LogP contribution in [0.5, 0.6) is 0 Å². The van der Waals surface area contributed by atoms with Gasteiger partial charge < -0.3 is 4.90 Å². The number of aromatic nitrogens is 1. The normalized spacial score (nSPS) is 13.8. The third-order valence-corrected chi connectivity index (χ3v) is 5.94. The van der Waals surface area contributed by atoms with Gasteiger partial charge in [-0.1, -0.05) is 12.1 Å². The number of thiophene rings is 1. The van der Waals surface area contributed by atoms with Crippen LogP contribution in [0.4, 0.5) is 8.78 Å². The second-order valence-electron chi connectivity index (χ2n) is 5.92. The molecule has 2 heterocycles. The first-order valence-corrected chi connectivity index (χ1v) is 9.62. The van der Waals surface area contributed by atoms with Crippen LogP contribution in [0.1, 0.15) is 28.9 Å². The minimum absolute atomic E-state index is 0.101. The van der Waals surface area contributed by atoms with Crippen LogP contribution in [-0.2, 0) is 6.54 Å². The molecule has 1 amide bonds. The molecular weight excluding hydrogens is 362 g/mol. The Bertz CT molecular complexity index is 904. The molecule has 0 spiro atoms. The molecular formula is C18H14F2N2OS2. The van der Waals surface area contributed by atoms with Crippen LogP contribution in [0.25, 0.3) is 9.88 Å². The van der Waals surface area contributed by atoms with Gasteiger partial charge in [0.25, 0.3) is 5.91 Å². The minimum atomic E-state index is -0.629. The molecule has 3 aromatic rings. The number of carbonyl (C=O) groups excluding carboxylic acids is 1. The Morgan fingerprint density at radius 1 is 1.24 bits per heavy atom. The predicted octanol–water partition coefficient (Wildman–Crippen LogP) is 4.95. The lowest BCUT2D eigenvalue weighted by atomic mass is 10.2. The van der Waals surface area contributed by atoms with Crippen LogP contribution in [0.3, 0.4) is 0 Å². The van der Waals surface area contributed by atoms with E-state index in [0.29, 0.717) is 11.3 Å². The number of hydrogen-bond acceptors (Lipinski definition) is 4. The summed E-state index contributed by atoms with van der Waals surface area (Å²) >= 11 is 3.00. The number of halogens is 2. The largest absolute Gasteiger partial charge is 0.330 e. The maximum absolute atomic E-state index is 14.0. The molecule has 1 aliphatic carbocycles. The van der Waals surface area contributed by atoms with Crippen LogP contribution in [-0.4, -0.2) is 21.8 Å². The van der Waals surface area contributed by atoms with E-state index in [1.165, 1.54) is 23.5 Å². The molecule has 3 nitrogen and oxygen atoms in total. The van der Waals surface area contributed by atoms with Crippen molar-refractivity contribution in [3.05, 3.63) is 64.0 Å². The number of carbonyl (C=O) groups is 1. The SMILES string of the molecule is O=C(c1csc(-c2cccs2)n1)N(Cc1ccc(F)cc1F)C1CC1. The Morgan fingerprint density at radius 3 is 2.76 bits per heavy atom. The first kappa shape index (κ1) is 16.4. The van der Waals surface area contributed by atoms with Crippen LogP contribution in [0, 0.1) is 11.6 Å². The zero-order valence-electron chi connectivity index (χ0n) is 13.1. The van der Waals surface area contributed by atoms with E-state index in [2.05, 4.69) is 4.98 Å². The molecule has 0 N–H and O–H groups in total. The average molecular weight is 376 g/mol. The maximum atomic E-state index is 14.0. The van der Waals surface area contributed by atoms with Gasteiger partial charge in [0, 0.05) is 29.6 Å². The fourth-order valence-electron chi connectivity index (χ4n) is 2.62. The summed E-state index contributed by atoms with van der Waals surface area (Å²) in [6.45, 7) is 0.126. The van der Waals surface area contributed by atoms with E-state index >= 15 is 0 Å². The van der Waals surface area contributed by atoms with Gasteiger partial charge in [0.15, 0.2) is 0 Å². The van der Waals surface area contributed by atoms with E-state index in [1.807, 2.05) is 17.5 Å². The van der Waals surface area contributed by atoms with Gasteiger partial charge in [-0.2, -0.15) is 0 Å². The van der Waals surface area contributed by atoms with Gasteiger partial charge in [-0.3, -0.25) is 4.79 Å². The van der Waals surface area contributed by atoms with Crippen molar-refractivity contribution in [2.24, 2.45) is 0 Å². The van der Waals surface area contributed by atoms with Crippen molar-refractivity contribution in [3.63, 3.8) is 0 Å². The van der Waals surface area contributed by atoms with Crippen molar-refractivity contribution in [2.75, 3.05) is 0 Å². The first-order chi connectivity index (χ1) is 12.1. The van der Waals surface area contributed by atoms with E-state index in [1.54, 1.807) is 21.6 Å². The maximum Gasteiger partial charge on any atom is 0.273 e. The van der Waals surface area contributed by atoms with Crippen LogP contribution < -0.4 is 0 Å². The number of hydrogen-bond donors (Lipinski definition) is 0. The summed E-state index contributed by atoms with van der Waals surface area (Å²) in [6.07, 6.45) is 1.80. The summed E-state index contributed by atoms with van der Waals surface area (Å²) in [7, 11) is 0. The Kier molecular flexibility index (Phi) is 4.35. The highest BCUT2D eigenvalue weighted by Crippen LogP contribution is 2.32. The minimum Gasteiger partial charge on any atom is -0.330 e. The van der Waals surface area contributed by atoms with Gasteiger partial charge in [-0.25, -0.2) is 13.8 Å². The molecule has 1 saturated carbocycles. The van der Waals surface area contributed by atoms with Gasteiger partial charge in [-0.15, -0.1) is 22.7 Å². The van der Waals surface area contributed by atoms with Crippen molar-refractivity contribution >= 4 is 28.6 Å². The smallest absolute Gasteiger partial charge is 0.273 e. The van der Waals surface area contributed by atoms with E-state index in [-0.39, 0.29) is 18.5 Å². The summed E-state index contributed by atoms with van der Waals surface area (Å²) in [5.74, 6) is -1.45. The second-order valence-corrected chi connectivity index (χ2v) is 7.72. The Morgan fingerprint density at radius 2 is 2.08 bits per heavy atom. The predicted molar refractivity (Wildman–Crippen MR) is 94.7 cm³/mol. The lowest BCUT2D eigenvalue weighted by Crippen LogP contribution is -2.33. The molecule has 1 fully saturated rings. The molecule has 1 aromatic carbocycles. The van der Waals surface area contributed by atoms with Crippen molar-refractivity contribution in [1.29, 1.82) is 0 Å². The van der Waals surface area contributed by atoms with Gasteiger partial charge >= 0.3 is 0 Å². The van der Waals surface area contributed by atoms with Crippen molar-refractivity contribution < 1.29 is 13.6 Å². The van der Waals surface area contributed by atoms with E-state index in [9.17, 15) is 13.6 Å². The second kappa shape index (κ2) is 6.65. The molecule has 4 rings (SSSR count). The average Bonchev–Trinajstić information content (AvgIpc) is 3.10. The topological polar surface area (TPSA) is 33.2 Å². The highest BCUT2D eigenvalue weighted by Gasteiger charge is 2.34. The Labute approximate surface area is 151 Å². The summed E-state index contributed by atoms with van der Waals surface area (Å²) in [5.41, 5.74) is 0.693. The zero-order valence-corrected chi connectivity index (χ0v) is 14.7. The summed E-state index contributed by atoms with van der Waals surface area (Å²) in [6, 6.07) is 7.46. The monoisotopic (exact) mass is 376 g/mol. The highest BCUT2D eigenvalue weighted by atomic mass is 32.1. The fourth-order valence-corrected chi connectivity index (χ4v) is 4.23. The number of thiazole rings is 1. The molecule has 7 heteroatoms. The number of nitrogens with zero attached hydrogens (tertiary/aromatic N) is 2. The van der Waals surface area contributed by atoms with Gasteiger partial charge in [-0.05, 0) is 30.4 Å². The molecule has 0 radical (unpaired) electrons.